The number of ether oxygens (including phenoxy) is 1. The maximum absolute atomic E-state index is 13.6. The third-order valence-electron chi connectivity index (χ3n) is 4.78. The lowest BCUT2D eigenvalue weighted by atomic mass is 10.0. The summed E-state index contributed by atoms with van der Waals surface area (Å²) in [6.07, 6.45) is 0. The van der Waals surface area contributed by atoms with E-state index in [0.717, 1.165) is 18.7 Å². The predicted molar refractivity (Wildman–Crippen MR) is 88.6 cm³/mol. The molecule has 3 atom stereocenters. The van der Waals surface area contributed by atoms with E-state index in [2.05, 4.69) is 21.1 Å². The Labute approximate surface area is 141 Å². The maximum atomic E-state index is 13.6. The lowest BCUT2D eigenvalue weighted by Gasteiger charge is -2.35. The van der Waals surface area contributed by atoms with Crippen molar-refractivity contribution in [1.82, 2.24) is 21.1 Å². The molecule has 7 heteroatoms. The molecule has 1 aromatic carbocycles. The number of nitrogens with one attached hydrogen (secondary N) is 3. The Balaban J connectivity index is 1.68. The van der Waals surface area contributed by atoms with Crippen LogP contribution in [0.15, 0.2) is 24.3 Å². The summed E-state index contributed by atoms with van der Waals surface area (Å²) in [6, 6.07) is 6.67. The summed E-state index contributed by atoms with van der Waals surface area (Å²) in [5.41, 5.74) is 6.94. The van der Waals surface area contributed by atoms with E-state index in [9.17, 15) is 9.18 Å². The first-order valence-electron chi connectivity index (χ1n) is 8.48. The maximum Gasteiger partial charge on any atom is 0.226 e. The topological polar surface area (TPSA) is 65.6 Å². The number of amides is 1. The summed E-state index contributed by atoms with van der Waals surface area (Å²) in [5.74, 6) is -0.326. The van der Waals surface area contributed by atoms with Gasteiger partial charge in [0.25, 0.3) is 0 Å². The number of morpholine rings is 1. The van der Waals surface area contributed by atoms with E-state index in [4.69, 9.17) is 4.74 Å². The van der Waals surface area contributed by atoms with Crippen molar-refractivity contribution in [3.05, 3.63) is 35.6 Å². The van der Waals surface area contributed by atoms with Crippen molar-refractivity contribution < 1.29 is 13.9 Å². The molecule has 3 N–H and O–H groups in total. The standard InChI is InChI=1S/C17H25FN4O2/c1-12-15(10-20-21-12)17(23)19-11-16(22-5-7-24-8-6-22)13-3-2-4-14(18)9-13/h2-4,9,12,15-16,20-21H,5-8,10-11H2,1H3,(H,19,23). The number of nitrogens with zero attached hydrogens (tertiary/aromatic N) is 1. The summed E-state index contributed by atoms with van der Waals surface area (Å²) in [6.45, 7) is 5.94. The molecular formula is C17H25FN4O2. The summed E-state index contributed by atoms with van der Waals surface area (Å²) >= 11 is 0. The van der Waals surface area contributed by atoms with Crippen molar-refractivity contribution in [2.75, 3.05) is 39.4 Å². The van der Waals surface area contributed by atoms with Crippen LogP contribution < -0.4 is 16.2 Å². The molecule has 2 heterocycles. The van der Waals surface area contributed by atoms with Crippen molar-refractivity contribution in [2.45, 2.75) is 19.0 Å². The molecule has 0 saturated carbocycles. The number of hydrazine groups is 1. The van der Waals surface area contributed by atoms with Crippen molar-refractivity contribution in [1.29, 1.82) is 0 Å². The second-order valence-electron chi connectivity index (χ2n) is 6.38. The first-order chi connectivity index (χ1) is 11.6. The number of hydrogen-bond acceptors (Lipinski definition) is 5. The van der Waals surface area contributed by atoms with E-state index in [1.807, 2.05) is 13.0 Å². The quantitative estimate of drug-likeness (QED) is 0.728. The van der Waals surface area contributed by atoms with E-state index in [1.54, 1.807) is 12.1 Å². The molecule has 0 aromatic heterocycles. The fourth-order valence-corrected chi connectivity index (χ4v) is 3.32. The van der Waals surface area contributed by atoms with Crippen LogP contribution in [0.1, 0.15) is 18.5 Å². The van der Waals surface area contributed by atoms with Crippen molar-refractivity contribution in [3.63, 3.8) is 0 Å². The van der Waals surface area contributed by atoms with Crippen molar-refractivity contribution >= 4 is 5.91 Å². The Hall–Kier alpha value is -1.54. The molecule has 132 valence electrons. The average Bonchev–Trinajstić information content (AvgIpc) is 3.02. The van der Waals surface area contributed by atoms with Crippen LogP contribution in [0.4, 0.5) is 4.39 Å². The third kappa shape index (κ3) is 4.10. The second-order valence-corrected chi connectivity index (χ2v) is 6.38. The first kappa shape index (κ1) is 17.3. The van der Waals surface area contributed by atoms with Gasteiger partial charge in [-0.05, 0) is 24.6 Å². The van der Waals surface area contributed by atoms with Crippen LogP contribution in [0.5, 0.6) is 0 Å². The average molecular weight is 336 g/mol. The van der Waals surface area contributed by atoms with Crippen molar-refractivity contribution in [3.8, 4) is 0 Å². The number of carbonyl (C=O) groups excluding carboxylic acids is 1. The lowest BCUT2D eigenvalue weighted by molar-refractivity contribution is -0.125. The van der Waals surface area contributed by atoms with Gasteiger partial charge in [-0.2, -0.15) is 0 Å². The van der Waals surface area contributed by atoms with Crippen LogP contribution in [-0.2, 0) is 9.53 Å². The fourth-order valence-electron chi connectivity index (χ4n) is 3.32. The smallest absolute Gasteiger partial charge is 0.226 e. The zero-order valence-electron chi connectivity index (χ0n) is 13.9. The zero-order chi connectivity index (χ0) is 16.9. The number of benzene rings is 1. The van der Waals surface area contributed by atoms with Gasteiger partial charge in [-0.25, -0.2) is 4.39 Å². The number of hydrogen-bond donors (Lipinski definition) is 3. The van der Waals surface area contributed by atoms with E-state index in [1.165, 1.54) is 6.07 Å². The van der Waals surface area contributed by atoms with Crippen LogP contribution in [0.25, 0.3) is 0 Å². The van der Waals surface area contributed by atoms with Crippen LogP contribution in [0, 0.1) is 11.7 Å². The van der Waals surface area contributed by atoms with Gasteiger partial charge in [0.15, 0.2) is 0 Å². The van der Waals surface area contributed by atoms with E-state index < -0.39 is 0 Å². The van der Waals surface area contributed by atoms with Crippen LogP contribution in [0.3, 0.4) is 0 Å². The molecule has 3 unspecified atom stereocenters. The summed E-state index contributed by atoms with van der Waals surface area (Å²) < 4.78 is 19.1. The molecule has 2 aliphatic rings. The molecule has 0 radical (unpaired) electrons. The minimum absolute atomic E-state index is 0.0228. The van der Waals surface area contributed by atoms with Gasteiger partial charge >= 0.3 is 0 Å². The molecule has 2 aliphatic heterocycles. The second kappa shape index (κ2) is 8.02. The number of carbonyl (C=O) groups is 1. The predicted octanol–water partition coefficient (Wildman–Crippen LogP) is 0.428. The first-order valence-corrected chi connectivity index (χ1v) is 8.48. The van der Waals surface area contributed by atoms with Crippen LogP contribution >= 0.6 is 0 Å². The monoisotopic (exact) mass is 336 g/mol. The van der Waals surface area contributed by atoms with Gasteiger partial charge < -0.3 is 10.1 Å². The molecular weight excluding hydrogens is 311 g/mol. The highest BCUT2D eigenvalue weighted by atomic mass is 19.1. The molecule has 0 aliphatic carbocycles. The highest BCUT2D eigenvalue weighted by molar-refractivity contribution is 5.80. The van der Waals surface area contributed by atoms with Gasteiger partial charge in [0.1, 0.15) is 5.82 Å². The summed E-state index contributed by atoms with van der Waals surface area (Å²) in [5, 5.41) is 3.05. The lowest BCUT2D eigenvalue weighted by Crippen LogP contribution is -2.46. The van der Waals surface area contributed by atoms with Gasteiger partial charge in [-0.1, -0.05) is 12.1 Å². The largest absolute Gasteiger partial charge is 0.379 e. The Morgan fingerprint density at radius 3 is 2.92 bits per heavy atom. The Bertz CT molecular complexity index is 565. The van der Waals surface area contributed by atoms with E-state index >= 15 is 0 Å². The fraction of sp³-hybridized carbons (Fsp3) is 0.588. The number of halogens is 1. The van der Waals surface area contributed by atoms with Gasteiger partial charge in [-0.15, -0.1) is 0 Å². The summed E-state index contributed by atoms with van der Waals surface area (Å²) in [4.78, 5) is 14.7. The Morgan fingerprint density at radius 1 is 1.46 bits per heavy atom. The SMILES string of the molecule is CC1NNCC1C(=O)NCC(c1cccc(F)c1)N1CCOCC1. The van der Waals surface area contributed by atoms with Gasteiger partial charge in [0, 0.05) is 32.2 Å². The molecule has 6 nitrogen and oxygen atoms in total. The molecule has 0 spiro atoms. The van der Waals surface area contributed by atoms with Gasteiger partial charge in [-0.3, -0.25) is 20.5 Å². The molecule has 2 fully saturated rings. The molecule has 1 aromatic rings. The normalized spacial score (nSPS) is 26.2. The molecule has 1 amide bonds. The summed E-state index contributed by atoms with van der Waals surface area (Å²) in [7, 11) is 0. The van der Waals surface area contributed by atoms with Crippen molar-refractivity contribution in [2.24, 2.45) is 5.92 Å². The molecule has 2 saturated heterocycles. The molecule has 0 bridgehead atoms. The zero-order valence-corrected chi connectivity index (χ0v) is 13.9. The van der Waals surface area contributed by atoms with Crippen LogP contribution in [0.2, 0.25) is 0 Å². The molecule has 24 heavy (non-hydrogen) atoms. The highest BCUT2D eigenvalue weighted by Gasteiger charge is 2.30. The van der Waals surface area contributed by atoms with E-state index in [-0.39, 0.29) is 29.7 Å². The van der Waals surface area contributed by atoms with Crippen LogP contribution in [-0.4, -0.2) is 56.2 Å². The molecule has 3 rings (SSSR count). The third-order valence-corrected chi connectivity index (χ3v) is 4.78. The minimum Gasteiger partial charge on any atom is -0.379 e. The van der Waals surface area contributed by atoms with Gasteiger partial charge in [0.2, 0.25) is 5.91 Å². The minimum atomic E-state index is -0.255. The highest BCUT2D eigenvalue weighted by Crippen LogP contribution is 2.22. The number of rotatable bonds is 5. The Morgan fingerprint density at radius 2 is 2.25 bits per heavy atom. The van der Waals surface area contributed by atoms with E-state index in [0.29, 0.717) is 26.3 Å². The Kier molecular flexibility index (Phi) is 5.78. The van der Waals surface area contributed by atoms with Gasteiger partial charge in [0.05, 0.1) is 25.2 Å².